The number of unbranched alkanes of at least 4 members (excludes halogenated alkanes) is 19. The first kappa shape index (κ1) is 87.1. The van der Waals surface area contributed by atoms with Crippen LogP contribution in [0.4, 0.5) is 17.1 Å². The van der Waals surface area contributed by atoms with Gasteiger partial charge in [-0.15, -0.1) is 0 Å². The van der Waals surface area contributed by atoms with Crippen LogP contribution in [-0.2, 0) is 32.5 Å². The predicted octanol–water partition coefficient (Wildman–Crippen LogP) is 38.0. The molecule has 6 aliphatic carbocycles. The predicted molar refractivity (Wildman–Crippen MR) is 560 cm³/mol. The fourth-order valence-electron chi connectivity index (χ4n) is 26.2. The first-order chi connectivity index (χ1) is 63.2. The maximum atomic E-state index is 2.74. The minimum Gasteiger partial charge on any atom is -0.309 e. The Morgan fingerprint density at radius 2 is 0.477 bits per heavy atom. The SMILES string of the molecule is CCCCCCCCC1(CCCCCCC)c2ccccc2-c2ccc(-c3ccc4c(c3)C(C)(C)c3cc(-c5c(C)cccc5N(c5cccc(C)c5-c5ccc6c(c5)C(C)(C)c5cc(-c7ccc8c(c7)C(CCCCCCCC)(CCCCCCCC)c7ccccc7-8)ccc5-6)c5cc6c(c7ccccc57)-c5cc7c(cc5C6(C)C)-c5ccccc5C7(C)C)ccc3-4)cc21. The molecule has 130 heavy (non-hydrogen) atoms. The van der Waals surface area contributed by atoms with E-state index in [1.54, 1.807) is 22.3 Å². The molecule has 0 bridgehead atoms. The Hall–Kier alpha value is -10.9. The fourth-order valence-corrected chi connectivity index (χ4v) is 26.2. The third-order valence-corrected chi connectivity index (χ3v) is 33.3. The molecule has 1 unspecified atom stereocenters. The van der Waals surface area contributed by atoms with Crippen molar-refractivity contribution in [2.75, 3.05) is 4.90 Å². The van der Waals surface area contributed by atoms with Gasteiger partial charge in [0.15, 0.2) is 0 Å². The van der Waals surface area contributed by atoms with E-state index in [1.807, 2.05) is 0 Å². The van der Waals surface area contributed by atoms with E-state index in [-0.39, 0.29) is 32.5 Å². The Morgan fingerprint density at radius 1 is 0.192 bits per heavy atom. The molecule has 14 aromatic rings. The Balaban J connectivity index is 0.698. The van der Waals surface area contributed by atoms with Crippen molar-refractivity contribution in [2.45, 2.75) is 303 Å². The highest BCUT2D eigenvalue weighted by Gasteiger charge is 2.48. The highest BCUT2D eigenvalue weighted by atomic mass is 15.2. The number of anilines is 3. The van der Waals surface area contributed by atoms with E-state index < -0.39 is 0 Å². The van der Waals surface area contributed by atoms with Gasteiger partial charge >= 0.3 is 0 Å². The van der Waals surface area contributed by atoms with E-state index in [2.05, 4.69) is 363 Å². The fraction of sp³-hybridized carbons (Fsp3) is 0.364. The standard InChI is InChI=1S/C129H139N/c1-15-19-23-27-31-43-73-128(72-42-30-26-22-18-4)107-56-40-37-50-93(107)100-68-62-89(78-115(100)128)87-60-66-96-98-70-64-91(80-111(98)125(9,10)109(96)76-87)121-85(5)48-46-58-118(121)130(120-84-117-123(103-54-35-34-53-102(103)120)105-83-113-104(82-114(105)127(117,13)14)95-52-36-39-55-106(95)124(113,7)8)119-59-47-49-86(6)122(119)92-65-71-99-97-67-61-88(77-110(97)126(11,12)112(99)81-92)90-63-69-101-94-51-38-41-57-108(94)129(116(101)79-90,74-44-32-28-24-20-16-2)75-45-33-29-25-21-17-3/h34-41,46-71,76-84H,15-33,42-45,72-75H2,1-14H3. The van der Waals surface area contributed by atoms with Crippen LogP contribution >= 0.6 is 0 Å². The van der Waals surface area contributed by atoms with E-state index in [0.29, 0.717) is 0 Å². The summed E-state index contributed by atoms with van der Waals surface area (Å²) in [6.45, 7) is 34.0. The summed E-state index contributed by atoms with van der Waals surface area (Å²) in [5.41, 5.74) is 49.4. The van der Waals surface area contributed by atoms with Gasteiger partial charge in [-0.1, -0.05) is 425 Å². The number of nitrogens with zero attached hydrogens (tertiary/aromatic N) is 1. The van der Waals surface area contributed by atoms with Crippen LogP contribution in [0.25, 0.3) is 122 Å². The Bertz CT molecular complexity index is 6570. The van der Waals surface area contributed by atoms with Crippen LogP contribution < -0.4 is 4.90 Å². The number of hydrogen-bond donors (Lipinski definition) is 0. The molecule has 6 aliphatic rings. The number of rotatable bonds is 34. The second-order valence-electron chi connectivity index (χ2n) is 42.7. The molecule has 660 valence electrons. The van der Waals surface area contributed by atoms with E-state index in [9.17, 15) is 0 Å². The van der Waals surface area contributed by atoms with Crippen molar-refractivity contribution >= 4 is 27.8 Å². The van der Waals surface area contributed by atoms with E-state index in [0.717, 1.165) is 0 Å². The molecule has 0 fully saturated rings. The summed E-state index contributed by atoms with van der Waals surface area (Å²) in [4.78, 5) is 2.74. The molecule has 1 nitrogen and oxygen atoms in total. The molecule has 0 amide bonds. The van der Waals surface area contributed by atoms with Crippen LogP contribution in [0, 0.1) is 13.8 Å². The highest BCUT2D eigenvalue weighted by Crippen LogP contribution is 2.64. The second kappa shape index (κ2) is 35.0. The van der Waals surface area contributed by atoms with Crippen LogP contribution in [0.5, 0.6) is 0 Å². The first-order valence-corrected chi connectivity index (χ1v) is 51.1. The molecule has 0 radical (unpaired) electrons. The van der Waals surface area contributed by atoms with Crippen molar-refractivity contribution in [2.24, 2.45) is 0 Å². The summed E-state index contributed by atoms with van der Waals surface area (Å²) in [5.74, 6) is 0. The first-order valence-electron chi connectivity index (χ1n) is 51.1. The smallest absolute Gasteiger partial charge is 0.0544 e. The van der Waals surface area contributed by atoms with Crippen molar-refractivity contribution in [3.05, 3.63) is 339 Å². The van der Waals surface area contributed by atoms with Gasteiger partial charge in [-0.25, -0.2) is 0 Å². The van der Waals surface area contributed by atoms with Gasteiger partial charge in [-0.2, -0.15) is 0 Å². The molecule has 1 heteroatoms. The molecule has 0 saturated carbocycles. The zero-order valence-corrected chi connectivity index (χ0v) is 80.9. The third-order valence-electron chi connectivity index (χ3n) is 33.3. The van der Waals surface area contributed by atoms with Crippen LogP contribution in [0.1, 0.15) is 334 Å². The molecular weight excluding hydrogens is 1560 g/mol. The quantitative estimate of drug-likeness (QED) is 0.0363. The van der Waals surface area contributed by atoms with Crippen LogP contribution in [0.15, 0.2) is 261 Å². The van der Waals surface area contributed by atoms with Crippen LogP contribution in [0.3, 0.4) is 0 Å². The monoisotopic (exact) mass is 1700 g/mol. The van der Waals surface area contributed by atoms with E-state index >= 15 is 0 Å². The average molecular weight is 1700 g/mol. The van der Waals surface area contributed by atoms with Gasteiger partial charge < -0.3 is 4.90 Å². The van der Waals surface area contributed by atoms with Crippen molar-refractivity contribution in [3.8, 4) is 111 Å². The summed E-state index contributed by atoms with van der Waals surface area (Å²) in [6, 6.07) is 105. The van der Waals surface area contributed by atoms with Gasteiger partial charge in [0.2, 0.25) is 0 Å². The van der Waals surface area contributed by atoms with Crippen molar-refractivity contribution < 1.29 is 0 Å². The Kier molecular flexibility index (Phi) is 23.5. The maximum absolute atomic E-state index is 2.74. The summed E-state index contributed by atoms with van der Waals surface area (Å²) >= 11 is 0. The third kappa shape index (κ3) is 14.5. The normalized spacial score (nSPS) is 16.2. The lowest BCUT2D eigenvalue weighted by Crippen LogP contribution is -2.25. The van der Waals surface area contributed by atoms with Gasteiger partial charge in [0.25, 0.3) is 0 Å². The summed E-state index contributed by atoms with van der Waals surface area (Å²) in [5, 5.41) is 2.53. The second-order valence-corrected chi connectivity index (χ2v) is 42.7. The topological polar surface area (TPSA) is 3.24 Å². The zero-order chi connectivity index (χ0) is 89.6. The van der Waals surface area contributed by atoms with Gasteiger partial charge in [-0.3, -0.25) is 0 Å². The molecule has 0 N–H and O–H groups in total. The molecule has 0 saturated heterocycles. The van der Waals surface area contributed by atoms with Crippen molar-refractivity contribution in [1.29, 1.82) is 0 Å². The van der Waals surface area contributed by atoms with E-state index in [1.165, 1.54) is 368 Å². The molecule has 0 aliphatic heterocycles. The number of benzene rings is 14. The molecule has 0 heterocycles. The van der Waals surface area contributed by atoms with Gasteiger partial charge in [-0.05, 0) is 290 Å². The molecule has 14 aromatic carbocycles. The largest absolute Gasteiger partial charge is 0.309 e. The number of aryl methyl sites for hydroxylation is 2. The molecule has 0 aromatic heterocycles. The molecule has 0 spiro atoms. The van der Waals surface area contributed by atoms with Crippen molar-refractivity contribution in [1.82, 2.24) is 0 Å². The molecule has 20 rings (SSSR count). The van der Waals surface area contributed by atoms with Gasteiger partial charge in [0.1, 0.15) is 0 Å². The molecular formula is C129H139N. The van der Waals surface area contributed by atoms with Crippen molar-refractivity contribution in [3.63, 3.8) is 0 Å². The lowest BCUT2D eigenvalue weighted by Gasteiger charge is -2.34. The lowest BCUT2D eigenvalue weighted by atomic mass is 9.70. The maximum Gasteiger partial charge on any atom is 0.0544 e. The van der Waals surface area contributed by atoms with Gasteiger partial charge in [0, 0.05) is 49.0 Å². The minimum atomic E-state index is -0.340. The average Bonchev–Trinajstić information content (AvgIpc) is 1.52. The highest BCUT2D eigenvalue weighted by molar-refractivity contribution is 6.13. The lowest BCUT2D eigenvalue weighted by molar-refractivity contribution is 0.398. The molecule has 1 atom stereocenters. The van der Waals surface area contributed by atoms with Crippen LogP contribution in [0.2, 0.25) is 0 Å². The minimum absolute atomic E-state index is 0.0126. The number of hydrogen-bond acceptors (Lipinski definition) is 1. The Morgan fingerprint density at radius 3 is 0.885 bits per heavy atom. The summed E-state index contributed by atoms with van der Waals surface area (Å²) in [7, 11) is 0. The van der Waals surface area contributed by atoms with Crippen LogP contribution in [-0.4, -0.2) is 0 Å². The number of fused-ring (bicyclic) bond motifs is 20. The Labute approximate surface area is 780 Å². The zero-order valence-electron chi connectivity index (χ0n) is 80.9. The summed E-state index contributed by atoms with van der Waals surface area (Å²) in [6.07, 6.45) is 35.0. The van der Waals surface area contributed by atoms with E-state index in [4.69, 9.17) is 0 Å². The summed E-state index contributed by atoms with van der Waals surface area (Å²) < 4.78 is 0. The van der Waals surface area contributed by atoms with Gasteiger partial charge in [0.05, 0.1) is 17.1 Å².